The van der Waals surface area contributed by atoms with Crippen molar-refractivity contribution in [3.63, 3.8) is 0 Å². The predicted octanol–water partition coefficient (Wildman–Crippen LogP) is 3.28. The number of unbranched alkanes of at least 4 members (excludes halogenated alkanes) is 1. The summed E-state index contributed by atoms with van der Waals surface area (Å²) in [5.74, 6) is 0.948. The summed E-state index contributed by atoms with van der Waals surface area (Å²) in [6.45, 7) is 4.52. The first-order chi connectivity index (χ1) is 5.83. The molecule has 1 rings (SSSR count). The topological polar surface area (TPSA) is 9.23 Å². The summed E-state index contributed by atoms with van der Waals surface area (Å²) in [4.78, 5) is 0. The Kier molecular flexibility index (Phi) is 4.43. The molecule has 1 aromatic carbocycles. The number of ether oxygens (including phenoxy) is 1. The van der Waals surface area contributed by atoms with Crippen LogP contribution in [0, 0.1) is 10.5 Å². The highest BCUT2D eigenvalue weighted by Gasteiger charge is 1.91. The van der Waals surface area contributed by atoms with Gasteiger partial charge in [-0.05, 0) is 53.3 Å². The third-order valence-electron chi connectivity index (χ3n) is 1.48. The molecule has 0 unspecified atom stereocenters. The van der Waals surface area contributed by atoms with Gasteiger partial charge in [-0.2, -0.15) is 0 Å². The van der Waals surface area contributed by atoms with Gasteiger partial charge in [0.1, 0.15) is 5.75 Å². The van der Waals surface area contributed by atoms with E-state index in [2.05, 4.69) is 29.5 Å². The first-order valence-electron chi connectivity index (χ1n) is 4.00. The minimum Gasteiger partial charge on any atom is -0.494 e. The van der Waals surface area contributed by atoms with Crippen molar-refractivity contribution in [2.45, 2.75) is 12.8 Å². The average molecular weight is 275 g/mol. The van der Waals surface area contributed by atoms with Crippen molar-refractivity contribution in [3.8, 4) is 5.75 Å². The van der Waals surface area contributed by atoms with Crippen molar-refractivity contribution >= 4 is 22.6 Å². The monoisotopic (exact) mass is 275 g/mol. The summed E-state index contributed by atoms with van der Waals surface area (Å²) < 4.78 is 6.69. The maximum Gasteiger partial charge on any atom is 0.119 e. The van der Waals surface area contributed by atoms with Crippen LogP contribution in [0.25, 0.3) is 0 Å². The molecule has 0 atom stereocenters. The number of benzene rings is 1. The SMILES string of the molecule is [CH2]CCCOc1ccc(I)cc1. The minimum absolute atomic E-state index is 0.768. The van der Waals surface area contributed by atoms with Gasteiger partial charge in [0.2, 0.25) is 0 Å². The van der Waals surface area contributed by atoms with Crippen molar-refractivity contribution in [2.75, 3.05) is 6.61 Å². The molecule has 2 heteroatoms. The van der Waals surface area contributed by atoms with Crippen LogP contribution in [-0.4, -0.2) is 6.61 Å². The predicted molar refractivity (Wildman–Crippen MR) is 59.2 cm³/mol. The Morgan fingerprint density at radius 2 is 1.92 bits per heavy atom. The summed E-state index contributed by atoms with van der Waals surface area (Å²) in [5, 5.41) is 0. The van der Waals surface area contributed by atoms with E-state index in [1.54, 1.807) is 0 Å². The van der Waals surface area contributed by atoms with Gasteiger partial charge in [-0.15, -0.1) is 0 Å². The Morgan fingerprint density at radius 3 is 2.50 bits per heavy atom. The number of hydrogen-bond donors (Lipinski definition) is 0. The highest BCUT2D eigenvalue weighted by atomic mass is 127. The van der Waals surface area contributed by atoms with Gasteiger partial charge in [0.25, 0.3) is 0 Å². The van der Waals surface area contributed by atoms with Crippen LogP contribution in [-0.2, 0) is 0 Å². The highest BCUT2D eigenvalue weighted by Crippen LogP contribution is 2.13. The Bertz CT molecular complexity index is 218. The molecule has 0 spiro atoms. The summed E-state index contributed by atoms with van der Waals surface area (Å²) in [7, 11) is 0. The van der Waals surface area contributed by atoms with E-state index in [4.69, 9.17) is 4.74 Å². The molecule has 65 valence electrons. The maximum atomic E-state index is 5.46. The smallest absolute Gasteiger partial charge is 0.119 e. The molecule has 0 N–H and O–H groups in total. The summed E-state index contributed by atoms with van der Waals surface area (Å²) >= 11 is 2.28. The van der Waals surface area contributed by atoms with E-state index in [0.717, 1.165) is 25.2 Å². The van der Waals surface area contributed by atoms with E-state index in [1.165, 1.54) is 3.57 Å². The summed E-state index contributed by atoms with van der Waals surface area (Å²) in [6, 6.07) is 8.07. The van der Waals surface area contributed by atoms with Crippen molar-refractivity contribution in [1.82, 2.24) is 0 Å². The van der Waals surface area contributed by atoms with Crippen molar-refractivity contribution in [1.29, 1.82) is 0 Å². The van der Waals surface area contributed by atoms with Crippen LogP contribution in [0.1, 0.15) is 12.8 Å². The second kappa shape index (κ2) is 5.41. The van der Waals surface area contributed by atoms with E-state index in [1.807, 2.05) is 24.3 Å². The Balaban J connectivity index is 2.37. The quantitative estimate of drug-likeness (QED) is 0.605. The largest absolute Gasteiger partial charge is 0.494 e. The van der Waals surface area contributed by atoms with E-state index in [0.29, 0.717) is 0 Å². The van der Waals surface area contributed by atoms with Gasteiger partial charge in [0.15, 0.2) is 0 Å². The molecule has 0 saturated heterocycles. The van der Waals surface area contributed by atoms with Crippen LogP contribution < -0.4 is 4.74 Å². The lowest BCUT2D eigenvalue weighted by Gasteiger charge is -2.04. The zero-order valence-electron chi connectivity index (χ0n) is 6.92. The second-order valence-electron chi connectivity index (χ2n) is 2.51. The molecule has 0 fully saturated rings. The molecule has 0 aliphatic rings. The summed E-state index contributed by atoms with van der Waals surface area (Å²) in [5.41, 5.74) is 0. The Labute approximate surface area is 87.3 Å². The molecular weight excluding hydrogens is 263 g/mol. The van der Waals surface area contributed by atoms with Crippen molar-refractivity contribution < 1.29 is 4.74 Å². The first kappa shape index (κ1) is 9.84. The fraction of sp³-hybridized carbons (Fsp3) is 0.300. The molecular formula is C10H12IO. The van der Waals surface area contributed by atoms with Crippen molar-refractivity contribution in [2.24, 2.45) is 0 Å². The van der Waals surface area contributed by atoms with Gasteiger partial charge in [0.05, 0.1) is 6.61 Å². The Morgan fingerprint density at radius 1 is 1.25 bits per heavy atom. The lowest BCUT2D eigenvalue weighted by Crippen LogP contribution is -1.95. The van der Waals surface area contributed by atoms with Crippen molar-refractivity contribution in [3.05, 3.63) is 34.8 Å². The normalized spacial score (nSPS) is 9.83. The van der Waals surface area contributed by atoms with Crippen LogP contribution in [0.3, 0.4) is 0 Å². The van der Waals surface area contributed by atoms with Gasteiger partial charge in [-0.25, -0.2) is 0 Å². The molecule has 0 heterocycles. The number of hydrogen-bond acceptors (Lipinski definition) is 1. The van der Waals surface area contributed by atoms with Crippen LogP contribution in [0.4, 0.5) is 0 Å². The number of rotatable bonds is 4. The van der Waals surface area contributed by atoms with Gasteiger partial charge in [-0.1, -0.05) is 13.3 Å². The maximum absolute atomic E-state index is 5.46. The van der Waals surface area contributed by atoms with Gasteiger partial charge < -0.3 is 4.74 Å². The third-order valence-corrected chi connectivity index (χ3v) is 2.20. The molecule has 0 bridgehead atoms. The first-order valence-corrected chi connectivity index (χ1v) is 5.08. The van der Waals surface area contributed by atoms with E-state index in [-0.39, 0.29) is 0 Å². The van der Waals surface area contributed by atoms with E-state index < -0.39 is 0 Å². The molecule has 0 saturated carbocycles. The van der Waals surface area contributed by atoms with E-state index in [9.17, 15) is 0 Å². The Hall–Kier alpha value is -0.250. The fourth-order valence-electron chi connectivity index (χ4n) is 0.823. The van der Waals surface area contributed by atoms with E-state index >= 15 is 0 Å². The zero-order valence-corrected chi connectivity index (χ0v) is 9.08. The number of halogens is 1. The summed E-state index contributed by atoms with van der Waals surface area (Å²) in [6.07, 6.45) is 1.95. The lowest BCUT2D eigenvalue weighted by molar-refractivity contribution is 0.312. The fourth-order valence-corrected chi connectivity index (χ4v) is 1.18. The molecule has 0 aliphatic carbocycles. The van der Waals surface area contributed by atoms with Gasteiger partial charge >= 0.3 is 0 Å². The minimum atomic E-state index is 0.768. The average Bonchev–Trinajstić information content (AvgIpc) is 2.09. The molecule has 0 aromatic heterocycles. The molecule has 0 aliphatic heterocycles. The highest BCUT2D eigenvalue weighted by molar-refractivity contribution is 14.1. The van der Waals surface area contributed by atoms with Crippen LogP contribution >= 0.6 is 22.6 Å². The molecule has 1 nitrogen and oxygen atoms in total. The standard InChI is InChI=1S/C10H12IO/c1-2-3-8-12-10-6-4-9(11)5-7-10/h4-7H,1-3,8H2. The molecule has 12 heavy (non-hydrogen) atoms. The lowest BCUT2D eigenvalue weighted by atomic mass is 10.3. The third kappa shape index (κ3) is 3.43. The zero-order chi connectivity index (χ0) is 8.81. The molecule has 1 radical (unpaired) electrons. The van der Waals surface area contributed by atoms with Crippen LogP contribution in [0.5, 0.6) is 5.75 Å². The van der Waals surface area contributed by atoms with Gasteiger partial charge in [0, 0.05) is 3.57 Å². The van der Waals surface area contributed by atoms with Crippen LogP contribution in [0.2, 0.25) is 0 Å². The van der Waals surface area contributed by atoms with Crippen LogP contribution in [0.15, 0.2) is 24.3 Å². The second-order valence-corrected chi connectivity index (χ2v) is 3.76. The van der Waals surface area contributed by atoms with Gasteiger partial charge in [-0.3, -0.25) is 0 Å². The molecule has 0 amide bonds. The molecule has 1 aromatic rings.